The Hall–Kier alpha value is -6.97. The molecule has 0 aliphatic heterocycles. The second-order valence-corrected chi connectivity index (χ2v) is 13.3. The van der Waals surface area contributed by atoms with Gasteiger partial charge in [0.25, 0.3) is 0 Å². The molecule has 3 nitrogen and oxygen atoms in total. The Labute approximate surface area is 301 Å². The van der Waals surface area contributed by atoms with Gasteiger partial charge in [-0.15, -0.1) is 0 Å². The molecular formula is C49H31N3. The first-order valence-corrected chi connectivity index (χ1v) is 17.6. The fourth-order valence-corrected chi connectivity index (χ4v) is 7.31. The van der Waals surface area contributed by atoms with Crippen molar-refractivity contribution in [2.24, 2.45) is 0 Å². The van der Waals surface area contributed by atoms with Gasteiger partial charge in [0, 0.05) is 16.7 Å². The lowest BCUT2D eigenvalue weighted by atomic mass is 9.93. The van der Waals surface area contributed by atoms with Crippen LogP contribution in [0.15, 0.2) is 188 Å². The number of hydrogen-bond donors (Lipinski definition) is 0. The van der Waals surface area contributed by atoms with E-state index in [0.717, 1.165) is 38.2 Å². The molecule has 10 rings (SSSR count). The van der Waals surface area contributed by atoms with E-state index in [1.54, 1.807) is 0 Å². The predicted molar refractivity (Wildman–Crippen MR) is 217 cm³/mol. The van der Waals surface area contributed by atoms with Gasteiger partial charge in [0.05, 0.1) is 0 Å². The molecule has 0 atom stereocenters. The summed E-state index contributed by atoms with van der Waals surface area (Å²) in [5.74, 6) is 1.95. The van der Waals surface area contributed by atoms with Crippen LogP contribution >= 0.6 is 0 Å². The van der Waals surface area contributed by atoms with E-state index in [9.17, 15) is 0 Å². The van der Waals surface area contributed by atoms with E-state index in [4.69, 9.17) is 15.0 Å². The molecule has 0 spiro atoms. The van der Waals surface area contributed by atoms with Crippen LogP contribution in [-0.2, 0) is 0 Å². The Morgan fingerprint density at radius 3 is 1.21 bits per heavy atom. The normalized spacial score (nSPS) is 11.5. The summed E-state index contributed by atoms with van der Waals surface area (Å²) in [6, 6.07) is 66.7. The van der Waals surface area contributed by atoms with Gasteiger partial charge in [-0.25, -0.2) is 15.0 Å². The predicted octanol–water partition coefficient (Wildman–Crippen LogP) is 12.8. The second kappa shape index (κ2) is 12.4. The van der Waals surface area contributed by atoms with Crippen molar-refractivity contribution in [1.29, 1.82) is 0 Å². The first-order chi connectivity index (χ1) is 25.7. The molecule has 0 fully saturated rings. The van der Waals surface area contributed by atoms with Crippen molar-refractivity contribution in [1.82, 2.24) is 15.0 Å². The Bertz CT molecular complexity index is 2870. The van der Waals surface area contributed by atoms with Gasteiger partial charge in [-0.2, -0.15) is 0 Å². The zero-order valence-corrected chi connectivity index (χ0v) is 28.2. The summed E-state index contributed by atoms with van der Waals surface area (Å²) in [5.41, 5.74) is 7.71. The van der Waals surface area contributed by atoms with Gasteiger partial charge >= 0.3 is 0 Å². The van der Waals surface area contributed by atoms with Gasteiger partial charge in [0.1, 0.15) is 0 Å². The van der Waals surface area contributed by atoms with E-state index in [1.165, 1.54) is 43.8 Å². The number of nitrogens with zero attached hydrogens (tertiary/aromatic N) is 3. The second-order valence-electron chi connectivity index (χ2n) is 13.3. The smallest absolute Gasteiger partial charge is 0.164 e. The number of aromatic nitrogens is 3. The number of hydrogen-bond acceptors (Lipinski definition) is 3. The fraction of sp³-hybridized carbons (Fsp3) is 0. The van der Waals surface area contributed by atoms with Crippen molar-refractivity contribution in [3.05, 3.63) is 188 Å². The summed E-state index contributed by atoms with van der Waals surface area (Å²) in [7, 11) is 0. The Morgan fingerprint density at radius 2 is 0.635 bits per heavy atom. The summed E-state index contributed by atoms with van der Waals surface area (Å²) in [5, 5.41) is 9.44. The molecule has 0 radical (unpaired) electrons. The average molecular weight is 662 g/mol. The van der Waals surface area contributed by atoms with Crippen molar-refractivity contribution in [2.45, 2.75) is 0 Å². The van der Waals surface area contributed by atoms with Crippen molar-refractivity contribution < 1.29 is 0 Å². The van der Waals surface area contributed by atoms with Gasteiger partial charge < -0.3 is 0 Å². The minimum absolute atomic E-state index is 0.648. The van der Waals surface area contributed by atoms with Crippen molar-refractivity contribution in [3.8, 4) is 56.4 Å². The van der Waals surface area contributed by atoms with Gasteiger partial charge in [0.15, 0.2) is 17.5 Å². The molecule has 0 saturated heterocycles. The molecule has 10 aromatic rings. The lowest BCUT2D eigenvalue weighted by molar-refractivity contribution is 1.08. The monoisotopic (exact) mass is 661 g/mol. The number of rotatable bonds is 5. The van der Waals surface area contributed by atoms with Crippen LogP contribution in [0.25, 0.3) is 99.5 Å². The topological polar surface area (TPSA) is 38.7 Å². The summed E-state index contributed by atoms with van der Waals surface area (Å²) >= 11 is 0. The number of benzene rings is 9. The summed E-state index contributed by atoms with van der Waals surface area (Å²) < 4.78 is 0. The fourth-order valence-electron chi connectivity index (χ4n) is 7.31. The highest BCUT2D eigenvalue weighted by atomic mass is 15.0. The third-order valence-corrected chi connectivity index (χ3v) is 10.0. The van der Waals surface area contributed by atoms with Crippen LogP contribution in [0, 0.1) is 0 Å². The van der Waals surface area contributed by atoms with Crippen LogP contribution in [0.3, 0.4) is 0 Å². The van der Waals surface area contributed by atoms with Crippen molar-refractivity contribution in [3.63, 3.8) is 0 Å². The van der Waals surface area contributed by atoms with Crippen LogP contribution in [0.2, 0.25) is 0 Å². The molecule has 0 N–H and O–H groups in total. The van der Waals surface area contributed by atoms with Gasteiger partial charge in [-0.1, -0.05) is 158 Å². The highest BCUT2D eigenvalue weighted by Crippen LogP contribution is 2.35. The van der Waals surface area contributed by atoms with E-state index in [-0.39, 0.29) is 0 Å². The zero-order valence-electron chi connectivity index (χ0n) is 28.2. The highest BCUT2D eigenvalue weighted by molar-refractivity contribution is 6.01. The van der Waals surface area contributed by atoms with Gasteiger partial charge in [-0.05, 0) is 95.7 Å². The Morgan fingerprint density at radius 1 is 0.231 bits per heavy atom. The molecule has 0 unspecified atom stereocenters. The molecule has 0 aliphatic carbocycles. The summed E-state index contributed by atoms with van der Waals surface area (Å²) in [4.78, 5) is 15.2. The van der Waals surface area contributed by atoms with Gasteiger partial charge in [0.2, 0.25) is 0 Å². The van der Waals surface area contributed by atoms with E-state index in [1.807, 2.05) is 0 Å². The van der Waals surface area contributed by atoms with Gasteiger partial charge in [-0.3, -0.25) is 0 Å². The molecule has 0 bridgehead atoms. The molecule has 1 aromatic heterocycles. The van der Waals surface area contributed by atoms with Crippen LogP contribution in [0.1, 0.15) is 0 Å². The third kappa shape index (κ3) is 5.46. The summed E-state index contributed by atoms with van der Waals surface area (Å²) in [6.07, 6.45) is 0. The highest BCUT2D eigenvalue weighted by Gasteiger charge is 2.15. The van der Waals surface area contributed by atoms with E-state index < -0.39 is 0 Å². The maximum atomic E-state index is 5.09. The molecule has 52 heavy (non-hydrogen) atoms. The SMILES string of the molecule is c1ccc(-c2ccc3cccc(-c4ccc5cc(-c6nc(-c7ccc8ccccc8c7)nc(-c7ccc8ccccc8c7)n6)ccc5c4)c3c2)cc1. The van der Waals surface area contributed by atoms with Crippen LogP contribution in [-0.4, -0.2) is 15.0 Å². The molecule has 0 aliphatic rings. The summed E-state index contributed by atoms with van der Waals surface area (Å²) in [6.45, 7) is 0. The third-order valence-electron chi connectivity index (χ3n) is 10.0. The van der Waals surface area contributed by atoms with E-state index >= 15 is 0 Å². The molecule has 0 saturated carbocycles. The van der Waals surface area contributed by atoms with E-state index in [0.29, 0.717) is 17.5 Å². The Balaban J connectivity index is 1.08. The quantitative estimate of drug-likeness (QED) is 0.184. The molecule has 242 valence electrons. The zero-order chi connectivity index (χ0) is 34.4. The molecular weight excluding hydrogens is 631 g/mol. The molecule has 1 heterocycles. The lowest BCUT2D eigenvalue weighted by Gasteiger charge is -2.12. The maximum absolute atomic E-state index is 5.09. The lowest BCUT2D eigenvalue weighted by Crippen LogP contribution is -2.00. The molecule has 3 heteroatoms. The Kier molecular flexibility index (Phi) is 7.14. The largest absolute Gasteiger partial charge is 0.208 e. The van der Waals surface area contributed by atoms with Crippen LogP contribution in [0.4, 0.5) is 0 Å². The van der Waals surface area contributed by atoms with E-state index in [2.05, 4.69) is 188 Å². The standard InChI is InChI=1S/C49H31N3/c1-2-9-32(10-3-1)40-20-19-35-15-8-16-45(46(35)31-40)41-23-21-39-30-44(26-22-38(39)27-41)49-51-47(42-24-17-33-11-4-6-13-36(33)28-42)50-48(52-49)43-25-18-34-12-5-7-14-37(34)29-43/h1-31H. The van der Waals surface area contributed by atoms with Crippen molar-refractivity contribution >= 4 is 43.1 Å². The first-order valence-electron chi connectivity index (χ1n) is 17.6. The molecule has 0 amide bonds. The van der Waals surface area contributed by atoms with Crippen molar-refractivity contribution in [2.75, 3.05) is 0 Å². The molecule has 9 aromatic carbocycles. The maximum Gasteiger partial charge on any atom is 0.164 e. The average Bonchev–Trinajstić information content (AvgIpc) is 3.22. The number of fused-ring (bicyclic) bond motifs is 4. The van der Waals surface area contributed by atoms with Crippen LogP contribution < -0.4 is 0 Å². The first kappa shape index (κ1) is 29.9. The van der Waals surface area contributed by atoms with Crippen LogP contribution in [0.5, 0.6) is 0 Å². The minimum Gasteiger partial charge on any atom is -0.208 e. The minimum atomic E-state index is 0.648.